The fraction of sp³-hybridized carbons (Fsp3) is 0.389. The number of benzene rings is 1. The fourth-order valence-corrected chi connectivity index (χ4v) is 5.51. The molecule has 0 aliphatic carbocycles. The summed E-state index contributed by atoms with van der Waals surface area (Å²) >= 11 is 2.61. The average Bonchev–Trinajstić information content (AvgIpc) is 3.28. The van der Waals surface area contributed by atoms with Crippen molar-refractivity contribution in [3.05, 3.63) is 45.3 Å². The van der Waals surface area contributed by atoms with Crippen LogP contribution in [0.5, 0.6) is 0 Å². The van der Waals surface area contributed by atoms with E-state index in [1.807, 2.05) is 0 Å². The summed E-state index contributed by atoms with van der Waals surface area (Å²) in [6, 6.07) is 6.59. The lowest BCUT2D eigenvalue weighted by molar-refractivity contribution is -0.380. The van der Waals surface area contributed by atoms with E-state index < -0.39 is 10.0 Å². The second kappa shape index (κ2) is 8.82. The molecule has 0 saturated carbocycles. The number of imidazole rings is 1. The molecule has 156 valence electrons. The predicted octanol–water partition coefficient (Wildman–Crippen LogP) is 4.35. The first-order valence-corrected chi connectivity index (χ1v) is 12.3. The predicted molar refractivity (Wildman–Crippen MR) is 116 cm³/mol. The van der Waals surface area contributed by atoms with E-state index in [-0.39, 0.29) is 14.8 Å². The van der Waals surface area contributed by atoms with Crippen LogP contribution < -0.4 is 0 Å². The van der Waals surface area contributed by atoms with Gasteiger partial charge in [-0.1, -0.05) is 36.4 Å². The summed E-state index contributed by atoms with van der Waals surface area (Å²) in [5.74, 6) is 0.558. The van der Waals surface area contributed by atoms with Gasteiger partial charge < -0.3 is 4.57 Å². The number of nitrogens with zero attached hydrogens (tertiary/aromatic N) is 4. The summed E-state index contributed by atoms with van der Waals surface area (Å²) in [6.07, 6.45) is 1.99. The van der Waals surface area contributed by atoms with Crippen molar-refractivity contribution in [2.24, 2.45) is 0 Å². The molecule has 0 aliphatic rings. The van der Waals surface area contributed by atoms with Crippen LogP contribution in [-0.2, 0) is 22.3 Å². The normalized spacial score (nSPS) is 12.1. The summed E-state index contributed by atoms with van der Waals surface area (Å²) in [7, 11) is -0.533. The second-order valence-corrected chi connectivity index (χ2v) is 10.7. The zero-order valence-electron chi connectivity index (χ0n) is 16.4. The molecule has 1 aromatic carbocycles. The van der Waals surface area contributed by atoms with Gasteiger partial charge in [-0.25, -0.2) is 17.7 Å². The number of nitro groups is 1. The van der Waals surface area contributed by atoms with Gasteiger partial charge >= 0.3 is 5.00 Å². The van der Waals surface area contributed by atoms with E-state index in [2.05, 4.69) is 16.5 Å². The number of hydrogen-bond donors (Lipinski definition) is 0. The zero-order chi connectivity index (χ0) is 21.2. The Morgan fingerprint density at radius 1 is 1.31 bits per heavy atom. The summed E-state index contributed by atoms with van der Waals surface area (Å²) in [4.78, 5) is 15.4. The maximum Gasteiger partial charge on any atom is 0.324 e. The van der Waals surface area contributed by atoms with E-state index in [9.17, 15) is 18.5 Å². The molecule has 8 nitrogen and oxygen atoms in total. The Bertz CT molecular complexity index is 1140. The van der Waals surface area contributed by atoms with Gasteiger partial charge in [0.2, 0.25) is 10.0 Å². The third kappa shape index (κ3) is 4.63. The van der Waals surface area contributed by atoms with Crippen LogP contribution in [-0.4, -0.2) is 41.3 Å². The number of rotatable bonds is 9. The third-order valence-corrected chi connectivity index (χ3v) is 8.17. The van der Waals surface area contributed by atoms with Gasteiger partial charge in [-0.3, -0.25) is 10.1 Å². The summed E-state index contributed by atoms with van der Waals surface area (Å²) < 4.78 is 28.2. The molecular formula is C18H22N4O4S3. The van der Waals surface area contributed by atoms with Crippen LogP contribution in [0.1, 0.15) is 25.3 Å². The van der Waals surface area contributed by atoms with Gasteiger partial charge in [0, 0.05) is 37.8 Å². The molecule has 0 atom stereocenters. The van der Waals surface area contributed by atoms with Crippen molar-refractivity contribution in [2.75, 3.05) is 14.1 Å². The fourth-order valence-electron chi connectivity index (χ4n) is 2.78. The number of unbranched alkanes of at least 4 members (excludes halogenated alkanes) is 1. The topological polar surface area (TPSA) is 98.3 Å². The van der Waals surface area contributed by atoms with Gasteiger partial charge in [-0.2, -0.15) is 0 Å². The van der Waals surface area contributed by atoms with Crippen molar-refractivity contribution in [3.8, 4) is 0 Å². The van der Waals surface area contributed by atoms with Gasteiger partial charge in [0.1, 0.15) is 0 Å². The maximum absolute atomic E-state index is 12.4. The summed E-state index contributed by atoms with van der Waals surface area (Å²) in [5, 5.41) is 13.6. The minimum atomic E-state index is -3.53. The maximum atomic E-state index is 12.4. The Labute approximate surface area is 177 Å². The van der Waals surface area contributed by atoms with Crippen molar-refractivity contribution in [3.63, 3.8) is 0 Å². The van der Waals surface area contributed by atoms with Crippen molar-refractivity contribution in [1.29, 1.82) is 0 Å². The highest BCUT2D eigenvalue weighted by Gasteiger charge is 2.20. The van der Waals surface area contributed by atoms with Crippen LogP contribution in [0, 0.1) is 10.1 Å². The number of hydrogen-bond acceptors (Lipinski definition) is 7. The number of aromatic nitrogens is 2. The standard InChI is InChI=1S/C18H22N4O4S3/c1-4-5-8-21-16-7-6-14(29(25,26)20(2)3)10-15(16)19-18(21)28-12-13-9-17(22(23)24)27-11-13/h6-7,9-11H,4-5,8,12H2,1-3H3. The van der Waals surface area contributed by atoms with Gasteiger partial charge in [0.15, 0.2) is 5.16 Å². The summed E-state index contributed by atoms with van der Waals surface area (Å²) in [5.41, 5.74) is 2.38. The van der Waals surface area contributed by atoms with Crippen LogP contribution in [0.15, 0.2) is 39.7 Å². The van der Waals surface area contributed by atoms with Gasteiger partial charge in [0.05, 0.1) is 20.9 Å². The second-order valence-electron chi connectivity index (χ2n) is 6.68. The Kier molecular flexibility index (Phi) is 6.62. The average molecular weight is 455 g/mol. The lowest BCUT2D eigenvalue weighted by Gasteiger charge is -2.11. The Balaban J connectivity index is 1.94. The highest BCUT2D eigenvalue weighted by Crippen LogP contribution is 2.31. The molecule has 2 aromatic heterocycles. The molecule has 11 heteroatoms. The van der Waals surface area contributed by atoms with Crippen LogP contribution in [0.4, 0.5) is 5.00 Å². The van der Waals surface area contributed by atoms with Gasteiger partial charge in [0.25, 0.3) is 0 Å². The molecule has 0 radical (unpaired) electrons. The lowest BCUT2D eigenvalue weighted by atomic mass is 10.3. The molecule has 0 unspecified atom stereocenters. The first kappa shape index (κ1) is 21.8. The summed E-state index contributed by atoms with van der Waals surface area (Å²) in [6.45, 7) is 2.89. The minimum Gasteiger partial charge on any atom is -0.319 e. The zero-order valence-corrected chi connectivity index (χ0v) is 18.8. The van der Waals surface area contributed by atoms with Crippen LogP contribution in [0.2, 0.25) is 0 Å². The van der Waals surface area contributed by atoms with Crippen molar-refractivity contribution < 1.29 is 13.3 Å². The lowest BCUT2D eigenvalue weighted by Crippen LogP contribution is -2.22. The molecule has 29 heavy (non-hydrogen) atoms. The van der Waals surface area contributed by atoms with E-state index in [1.165, 1.54) is 30.2 Å². The molecule has 0 aliphatic heterocycles. The molecule has 0 amide bonds. The largest absolute Gasteiger partial charge is 0.324 e. The van der Waals surface area contributed by atoms with Crippen molar-refractivity contribution in [2.45, 2.75) is 42.1 Å². The molecule has 0 N–H and O–H groups in total. The highest BCUT2D eigenvalue weighted by molar-refractivity contribution is 7.98. The molecule has 0 fully saturated rings. The quantitative estimate of drug-likeness (QED) is 0.271. The first-order valence-electron chi connectivity index (χ1n) is 9.01. The molecule has 0 spiro atoms. The van der Waals surface area contributed by atoms with E-state index in [0.717, 1.165) is 47.0 Å². The van der Waals surface area contributed by atoms with E-state index in [0.29, 0.717) is 11.3 Å². The highest BCUT2D eigenvalue weighted by atomic mass is 32.2. The van der Waals surface area contributed by atoms with Crippen LogP contribution in [0.3, 0.4) is 0 Å². The van der Waals surface area contributed by atoms with E-state index in [1.54, 1.807) is 29.6 Å². The number of aryl methyl sites for hydroxylation is 1. The molecule has 3 aromatic rings. The monoisotopic (exact) mass is 454 g/mol. The number of sulfonamides is 1. The Morgan fingerprint density at radius 2 is 2.07 bits per heavy atom. The molecule has 0 saturated heterocycles. The number of fused-ring (bicyclic) bond motifs is 1. The number of thioether (sulfide) groups is 1. The first-order chi connectivity index (χ1) is 13.7. The third-order valence-electron chi connectivity index (χ3n) is 4.39. The molecule has 0 bridgehead atoms. The van der Waals surface area contributed by atoms with E-state index in [4.69, 9.17) is 0 Å². The van der Waals surface area contributed by atoms with Gasteiger partial charge in [-0.15, -0.1) is 0 Å². The SMILES string of the molecule is CCCCn1c(SCc2csc([N+](=O)[O-])c2)nc2cc(S(=O)(=O)N(C)C)ccc21. The van der Waals surface area contributed by atoms with Crippen LogP contribution >= 0.6 is 23.1 Å². The minimum absolute atomic E-state index is 0.124. The van der Waals surface area contributed by atoms with Gasteiger partial charge in [-0.05, 0) is 30.2 Å². The molecule has 2 heterocycles. The molecule has 3 rings (SSSR count). The smallest absolute Gasteiger partial charge is 0.319 e. The van der Waals surface area contributed by atoms with Crippen molar-refractivity contribution >= 4 is 49.2 Å². The number of thiophene rings is 1. The molecular weight excluding hydrogens is 432 g/mol. The van der Waals surface area contributed by atoms with Crippen molar-refractivity contribution in [1.82, 2.24) is 13.9 Å². The van der Waals surface area contributed by atoms with Crippen LogP contribution in [0.25, 0.3) is 11.0 Å². The Hall–Kier alpha value is -1.95. The van der Waals surface area contributed by atoms with E-state index >= 15 is 0 Å². The Morgan fingerprint density at radius 3 is 2.69 bits per heavy atom.